The van der Waals surface area contributed by atoms with Crippen molar-refractivity contribution >= 4 is 17.4 Å². The van der Waals surface area contributed by atoms with Crippen LogP contribution in [0.5, 0.6) is 0 Å². The summed E-state index contributed by atoms with van der Waals surface area (Å²) < 4.78 is 15.4. The molecule has 0 saturated heterocycles. The number of ether oxygens (including phenoxy) is 3. The molecule has 0 fully saturated rings. The van der Waals surface area contributed by atoms with Crippen molar-refractivity contribution in [3.8, 4) is 0 Å². The van der Waals surface area contributed by atoms with E-state index in [2.05, 4.69) is 5.32 Å². The first-order chi connectivity index (χ1) is 10.6. The fourth-order valence-corrected chi connectivity index (χ4v) is 1.75. The summed E-state index contributed by atoms with van der Waals surface area (Å²) in [6.07, 6.45) is -0.846. The summed E-state index contributed by atoms with van der Waals surface area (Å²) in [5.74, 6) is -0.545. The molecule has 6 nitrogen and oxygen atoms in total. The Balaban J connectivity index is 2.53. The lowest BCUT2D eigenvalue weighted by atomic mass is 10.2. The van der Waals surface area contributed by atoms with Gasteiger partial charge in [-0.2, -0.15) is 0 Å². The maximum Gasteiger partial charge on any atom is 0.338 e. The van der Waals surface area contributed by atoms with Gasteiger partial charge in [-0.05, 0) is 45.0 Å². The van der Waals surface area contributed by atoms with Gasteiger partial charge in [-0.1, -0.05) is 0 Å². The smallest absolute Gasteiger partial charge is 0.338 e. The Bertz CT molecular complexity index is 466. The van der Waals surface area contributed by atoms with E-state index in [-0.39, 0.29) is 18.3 Å². The molecule has 1 aromatic rings. The Morgan fingerprint density at radius 3 is 2.09 bits per heavy atom. The molecule has 0 aromatic heterocycles. The van der Waals surface area contributed by atoms with Gasteiger partial charge in [-0.15, -0.1) is 0 Å². The van der Waals surface area contributed by atoms with Crippen molar-refractivity contribution in [1.82, 2.24) is 0 Å². The number of carbonyl (C=O) groups is 2. The third kappa shape index (κ3) is 5.83. The summed E-state index contributed by atoms with van der Waals surface area (Å²) in [4.78, 5) is 23.5. The van der Waals surface area contributed by atoms with Gasteiger partial charge in [0, 0.05) is 18.9 Å². The number of hydrogen-bond acceptors (Lipinski definition) is 6. The molecule has 0 bridgehead atoms. The van der Waals surface area contributed by atoms with Gasteiger partial charge in [0.2, 0.25) is 12.1 Å². The van der Waals surface area contributed by atoms with E-state index in [1.807, 2.05) is 0 Å². The Labute approximate surface area is 130 Å². The number of anilines is 1. The summed E-state index contributed by atoms with van der Waals surface area (Å²) >= 11 is 0. The summed E-state index contributed by atoms with van der Waals surface area (Å²) in [6, 6.07) is 6.73. The third-order valence-corrected chi connectivity index (χ3v) is 2.76. The van der Waals surface area contributed by atoms with E-state index >= 15 is 0 Å². The number of rotatable bonds is 10. The van der Waals surface area contributed by atoms with Crippen molar-refractivity contribution in [3.63, 3.8) is 0 Å². The molecule has 0 aliphatic carbocycles. The molecule has 0 aliphatic rings. The number of esters is 1. The van der Waals surface area contributed by atoms with Gasteiger partial charge in [0.15, 0.2) is 0 Å². The van der Waals surface area contributed by atoms with Gasteiger partial charge in [-0.25, -0.2) is 4.79 Å². The zero-order chi connectivity index (χ0) is 16.4. The zero-order valence-electron chi connectivity index (χ0n) is 13.3. The Kier molecular flexibility index (Phi) is 8.17. The van der Waals surface area contributed by atoms with Crippen LogP contribution in [0.3, 0.4) is 0 Å². The molecule has 0 saturated carbocycles. The highest BCUT2D eigenvalue weighted by molar-refractivity contribution is 5.90. The van der Waals surface area contributed by atoms with Gasteiger partial charge in [-0.3, -0.25) is 4.79 Å². The first-order valence-corrected chi connectivity index (χ1v) is 7.39. The van der Waals surface area contributed by atoms with E-state index in [0.717, 1.165) is 5.69 Å². The minimum atomic E-state index is -0.846. The quantitative estimate of drug-likeness (QED) is 0.528. The van der Waals surface area contributed by atoms with Gasteiger partial charge < -0.3 is 19.5 Å². The van der Waals surface area contributed by atoms with Crippen LogP contribution in [-0.2, 0) is 19.0 Å². The average molecular weight is 309 g/mol. The largest absolute Gasteiger partial charge is 0.462 e. The number of ketones is 1. The lowest BCUT2D eigenvalue weighted by Gasteiger charge is -2.16. The summed E-state index contributed by atoms with van der Waals surface area (Å²) in [6.45, 7) is 6.61. The van der Waals surface area contributed by atoms with Crippen LogP contribution in [0, 0.1) is 0 Å². The average Bonchev–Trinajstić information content (AvgIpc) is 2.53. The second kappa shape index (κ2) is 9.92. The van der Waals surface area contributed by atoms with Gasteiger partial charge >= 0.3 is 5.97 Å². The van der Waals surface area contributed by atoms with Crippen LogP contribution in [0.15, 0.2) is 24.3 Å². The molecule has 1 N–H and O–H groups in total. The Hall–Kier alpha value is -1.92. The van der Waals surface area contributed by atoms with E-state index in [0.29, 0.717) is 25.4 Å². The van der Waals surface area contributed by atoms with Crippen molar-refractivity contribution in [3.05, 3.63) is 29.8 Å². The lowest BCUT2D eigenvalue weighted by molar-refractivity contribution is -0.166. The highest BCUT2D eigenvalue weighted by Crippen LogP contribution is 2.11. The molecule has 122 valence electrons. The Morgan fingerprint density at radius 1 is 1.00 bits per heavy atom. The highest BCUT2D eigenvalue weighted by Gasteiger charge is 2.18. The minimum absolute atomic E-state index is 0.0867. The monoisotopic (exact) mass is 309 g/mol. The molecule has 0 amide bonds. The molecule has 0 unspecified atom stereocenters. The van der Waals surface area contributed by atoms with Crippen molar-refractivity contribution in [1.29, 1.82) is 0 Å². The number of Topliss-reactive ketones (excluding diaryl/α,β-unsaturated/α-hetero) is 1. The van der Waals surface area contributed by atoms with Crippen LogP contribution < -0.4 is 5.32 Å². The van der Waals surface area contributed by atoms with E-state index in [1.165, 1.54) is 0 Å². The van der Waals surface area contributed by atoms with Gasteiger partial charge in [0.25, 0.3) is 0 Å². The van der Waals surface area contributed by atoms with Crippen LogP contribution >= 0.6 is 0 Å². The molecule has 0 radical (unpaired) electrons. The van der Waals surface area contributed by atoms with E-state index < -0.39 is 6.29 Å². The van der Waals surface area contributed by atoms with E-state index in [9.17, 15) is 9.59 Å². The molecule has 1 aromatic carbocycles. The third-order valence-electron chi connectivity index (χ3n) is 2.76. The maximum atomic E-state index is 12.0. The van der Waals surface area contributed by atoms with Gasteiger partial charge in [0.1, 0.15) is 0 Å². The molecule has 0 aliphatic heterocycles. The molecule has 0 heterocycles. The lowest BCUT2D eigenvalue weighted by Crippen LogP contribution is -2.32. The van der Waals surface area contributed by atoms with Crippen molar-refractivity contribution in [2.45, 2.75) is 27.1 Å². The number of hydrogen-bond donors (Lipinski definition) is 1. The van der Waals surface area contributed by atoms with Gasteiger partial charge in [0.05, 0.1) is 18.7 Å². The standard InChI is InChI=1S/C16H23NO5/c1-4-20-15(19)12-7-9-13(10-8-12)17-11-14(18)16(21-5-2)22-6-3/h7-10,16-17H,4-6,11H2,1-3H3. The number of benzene rings is 1. The Morgan fingerprint density at radius 2 is 1.59 bits per heavy atom. The maximum absolute atomic E-state index is 12.0. The fraction of sp³-hybridized carbons (Fsp3) is 0.500. The first-order valence-electron chi connectivity index (χ1n) is 7.39. The predicted octanol–water partition coefficient (Wildman–Crippen LogP) is 2.24. The van der Waals surface area contributed by atoms with Crippen LogP contribution in [0.2, 0.25) is 0 Å². The normalized spacial score (nSPS) is 10.5. The van der Waals surface area contributed by atoms with Crippen molar-refractivity contribution in [2.24, 2.45) is 0 Å². The number of carbonyl (C=O) groups excluding carboxylic acids is 2. The topological polar surface area (TPSA) is 73.9 Å². The van der Waals surface area contributed by atoms with Crippen LogP contribution in [0.1, 0.15) is 31.1 Å². The SMILES string of the molecule is CCOC(=O)c1ccc(NCC(=O)C(OCC)OCC)cc1. The molecular weight excluding hydrogens is 286 g/mol. The summed E-state index contributed by atoms with van der Waals surface area (Å²) in [5, 5.41) is 2.98. The van der Waals surface area contributed by atoms with Crippen LogP contribution in [0.25, 0.3) is 0 Å². The zero-order valence-corrected chi connectivity index (χ0v) is 13.3. The van der Waals surface area contributed by atoms with E-state index in [1.54, 1.807) is 45.0 Å². The molecular formula is C16H23NO5. The highest BCUT2D eigenvalue weighted by atomic mass is 16.7. The number of nitrogens with one attached hydrogen (secondary N) is 1. The van der Waals surface area contributed by atoms with Crippen molar-refractivity contribution < 1.29 is 23.8 Å². The summed E-state index contributed by atoms with van der Waals surface area (Å²) in [7, 11) is 0. The second-order valence-electron chi connectivity index (χ2n) is 4.36. The van der Waals surface area contributed by atoms with E-state index in [4.69, 9.17) is 14.2 Å². The predicted molar refractivity (Wildman–Crippen MR) is 82.9 cm³/mol. The molecule has 22 heavy (non-hydrogen) atoms. The minimum Gasteiger partial charge on any atom is -0.462 e. The molecule has 0 atom stereocenters. The second-order valence-corrected chi connectivity index (χ2v) is 4.36. The van der Waals surface area contributed by atoms with Crippen LogP contribution in [-0.4, -0.2) is 44.4 Å². The van der Waals surface area contributed by atoms with Crippen molar-refractivity contribution in [2.75, 3.05) is 31.7 Å². The molecule has 6 heteroatoms. The fourth-order valence-electron chi connectivity index (χ4n) is 1.75. The van der Waals surface area contributed by atoms with Crippen LogP contribution in [0.4, 0.5) is 5.69 Å². The molecule has 0 spiro atoms. The summed E-state index contributed by atoms with van der Waals surface area (Å²) in [5.41, 5.74) is 1.20. The molecule has 1 rings (SSSR count). The first kappa shape index (κ1) is 18.1.